The van der Waals surface area contributed by atoms with E-state index in [0.29, 0.717) is 24.3 Å². The second-order valence-corrected chi connectivity index (χ2v) is 7.51. The van der Waals surface area contributed by atoms with E-state index in [2.05, 4.69) is 15.4 Å². The van der Waals surface area contributed by atoms with Gasteiger partial charge in [-0.2, -0.15) is 5.10 Å². The molecule has 0 saturated carbocycles. The van der Waals surface area contributed by atoms with Crippen LogP contribution in [0.25, 0.3) is 16.8 Å². The number of fused-ring (bicyclic) bond motifs is 5. The van der Waals surface area contributed by atoms with Gasteiger partial charge in [-0.15, -0.1) is 0 Å². The number of allylic oxidation sites excluding steroid dienone is 1. The van der Waals surface area contributed by atoms with E-state index >= 15 is 0 Å². The number of benzene rings is 1. The van der Waals surface area contributed by atoms with Gasteiger partial charge in [-0.3, -0.25) is 4.68 Å². The van der Waals surface area contributed by atoms with Gasteiger partial charge in [0.15, 0.2) is 11.6 Å². The van der Waals surface area contributed by atoms with E-state index in [-0.39, 0.29) is 11.6 Å². The Morgan fingerprint density at radius 1 is 1.35 bits per heavy atom. The van der Waals surface area contributed by atoms with Gasteiger partial charge in [0.1, 0.15) is 11.9 Å². The summed E-state index contributed by atoms with van der Waals surface area (Å²) in [6, 6.07) is 6.46. The summed E-state index contributed by atoms with van der Waals surface area (Å²) in [4.78, 5) is 4.30. The van der Waals surface area contributed by atoms with Crippen LogP contribution in [0.3, 0.4) is 0 Å². The molecule has 160 valence electrons. The van der Waals surface area contributed by atoms with Gasteiger partial charge >= 0.3 is 0 Å². The predicted molar refractivity (Wildman–Crippen MR) is 119 cm³/mol. The highest BCUT2D eigenvalue weighted by molar-refractivity contribution is 5.90. The molecule has 0 spiro atoms. The first-order valence-corrected chi connectivity index (χ1v) is 10.1. The summed E-state index contributed by atoms with van der Waals surface area (Å²) in [5, 5.41) is 16.1. The molecule has 1 unspecified atom stereocenters. The first-order chi connectivity index (χ1) is 14.9. The van der Waals surface area contributed by atoms with Crippen molar-refractivity contribution in [2.24, 2.45) is 7.05 Å². The Morgan fingerprint density at radius 2 is 2.16 bits per heavy atom. The number of nitrogen functional groups attached to an aromatic ring is 1. The van der Waals surface area contributed by atoms with Gasteiger partial charge in [0.25, 0.3) is 0 Å². The molecule has 31 heavy (non-hydrogen) atoms. The number of ether oxygens (including phenoxy) is 1. The normalized spacial score (nSPS) is 18.1. The fourth-order valence-electron chi connectivity index (χ4n) is 3.92. The fourth-order valence-corrected chi connectivity index (χ4v) is 3.92. The molecule has 0 radical (unpaired) electrons. The SMILES string of the molecule is CCN/C1=C(\C=N)Cc2nn(C)cc2-c2ccc(F)cc2C(C)Oc2cc1cnc2N. The van der Waals surface area contributed by atoms with E-state index in [4.69, 9.17) is 15.9 Å². The van der Waals surface area contributed by atoms with Crippen molar-refractivity contribution in [3.05, 3.63) is 64.9 Å². The molecule has 0 aliphatic carbocycles. The van der Waals surface area contributed by atoms with Crippen molar-refractivity contribution in [1.29, 1.82) is 5.41 Å². The van der Waals surface area contributed by atoms with Crippen LogP contribution in [0.15, 0.2) is 42.2 Å². The monoisotopic (exact) mass is 420 g/mol. The molecule has 1 atom stereocenters. The summed E-state index contributed by atoms with van der Waals surface area (Å²) < 4.78 is 22.1. The molecule has 4 rings (SSSR count). The minimum absolute atomic E-state index is 0.250. The second kappa shape index (κ2) is 8.22. The minimum atomic E-state index is -0.480. The first kappa shape index (κ1) is 20.6. The van der Waals surface area contributed by atoms with Crippen molar-refractivity contribution in [3.8, 4) is 16.9 Å². The molecular formula is C23H25FN6O. The molecule has 3 heterocycles. The standard InChI is InChI=1S/C23H25FN6O/c1-4-27-22-14(10-25)7-20-19(12-30(3)29-20)17-6-5-16(24)9-18(17)13(2)31-21-8-15(22)11-28-23(21)26/h5-6,8-13,25,27H,4,7H2,1-3H3,(H2,26,28)/b22-14-,25-10?. The molecular weight excluding hydrogens is 395 g/mol. The average molecular weight is 420 g/mol. The van der Waals surface area contributed by atoms with Crippen molar-refractivity contribution >= 4 is 17.7 Å². The lowest BCUT2D eigenvalue weighted by Gasteiger charge is -2.22. The average Bonchev–Trinajstić information content (AvgIpc) is 3.11. The number of aromatic nitrogens is 3. The highest BCUT2D eigenvalue weighted by Gasteiger charge is 2.23. The Labute approximate surface area is 180 Å². The van der Waals surface area contributed by atoms with Crippen LogP contribution in [0.1, 0.15) is 36.8 Å². The van der Waals surface area contributed by atoms with Gasteiger partial charge in [-0.05, 0) is 43.2 Å². The van der Waals surface area contributed by atoms with Crippen molar-refractivity contribution in [2.75, 3.05) is 12.3 Å². The Hall–Kier alpha value is -3.68. The van der Waals surface area contributed by atoms with Gasteiger partial charge in [0, 0.05) is 61.0 Å². The fraction of sp³-hybridized carbons (Fsp3) is 0.261. The van der Waals surface area contributed by atoms with E-state index in [1.807, 2.05) is 27.1 Å². The Balaban J connectivity index is 2.03. The molecule has 0 fully saturated rings. The van der Waals surface area contributed by atoms with Crippen molar-refractivity contribution in [2.45, 2.75) is 26.4 Å². The number of rotatable bonds is 3. The van der Waals surface area contributed by atoms with E-state index in [0.717, 1.165) is 33.7 Å². The summed E-state index contributed by atoms with van der Waals surface area (Å²) in [5.41, 5.74) is 11.6. The molecule has 2 aromatic heterocycles. The first-order valence-electron chi connectivity index (χ1n) is 10.1. The third kappa shape index (κ3) is 3.88. The number of nitrogens with one attached hydrogen (secondary N) is 2. The van der Waals surface area contributed by atoms with Crippen LogP contribution in [0.5, 0.6) is 5.75 Å². The molecule has 0 saturated heterocycles. The summed E-state index contributed by atoms with van der Waals surface area (Å²) >= 11 is 0. The highest BCUT2D eigenvalue weighted by Crippen LogP contribution is 2.37. The molecule has 1 aliphatic heterocycles. The van der Waals surface area contributed by atoms with Gasteiger partial charge in [0.05, 0.1) is 5.69 Å². The molecule has 4 N–H and O–H groups in total. The van der Waals surface area contributed by atoms with Crippen LogP contribution in [0, 0.1) is 11.2 Å². The molecule has 1 aliphatic rings. The number of pyridine rings is 1. The minimum Gasteiger partial charge on any atom is -0.482 e. The summed E-state index contributed by atoms with van der Waals surface area (Å²) in [6.07, 6.45) is 4.84. The molecule has 0 amide bonds. The number of anilines is 1. The maximum absolute atomic E-state index is 14.2. The van der Waals surface area contributed by atoms with Crippen molar-refractivity contribution in [1.82, 2.24) is 20.1 Å². The number of hydrogen-bond acceptors (Lipinski definition) is 6. The zero-order valence-electron chi connectivity index (χ0n) is 17.7. The highest BCUT2D eigenvalue weighted by atomic mass is 19.1. The van der Waals surface area contributed by atoms with E-state index < -0.39 is 6.10 Å². The lowest BCUT2D eigenvalue weighted by Crippen LogP contribution is -2.17. The van der Waals surface area contributed by atoms with Crippen LogP contribution in [0.2, 0.25) is 0 Å². The zero-order chi connectivity index (χ0) is 22.1. The summed E-state index contributed by atoms with van der Waals surface area (Å²) in [7, 11) is 1.85. The Kier molecular flexibility index (Phi) is 5.46. The van der Waals surface area contributed by atoms with Gasteiger partial charge in [-0.25, -0.2) is 9.37 Å². The van der Waals surface area contributed by atoms with Gasteiger partial charge < -0.3 is 21.2 Å². The topological polar surface area (TPSA) is 102 Å². The molecule has 8 heteroatoms. The third-order valence-electron chi connectivity index (χ3n) is 5.33. The van der Waals surface area contributed by atoms with Crippen LogP contribution < -0.4 is 15.8 Å². The molecule has 1 aromatic carbocycles. The number of aryl methyl sites for hydroxylation is 1. The molecule has 2 bridgehead atoms. The largest absolute Gasteiger partial charge is 0.482 e. The number of nitrogens with two attached hydrogens (primary N) is 1. The van der Waals surface area contributed by atoms with Crippen LogP contribution in [-0.4, -0.2) is 27.5 Å². The second-order valence-electron chi connectivity index (χ2n) is 7.51. The molecule has 7 nitrogen and oxygen atoms in total. The summed E-state index contributed by atoms with van der Waals surface area (Å²) in [5.74, 6) is 0.313. The maximum atomic E-state index is 14.2. The smallest absolute Gasteiger partial charge is 0.166 e. The Morgan fingerprint density at radius 3 is 2.90 bits per heavy atom. The third-order valence-corrected chi connectivity index (χ3v) is 5.33. The van der Waals surface area contributed by atoms with Gasteiger partial charge in [0.2, 0.25) is 0 Å². The van der Waals surface area contributed by atoms with Crippen LogP contribution in [0.4, 0.5) is 10.2 Å². The quantitative estimate of drug-likeness (QED) is 0.558. The number of hydrogen-bond donors (Lipinski definition) is 3. The van der Waals surface area contributed by atoms with Crippen molar-refractivity contribution < 1.29 is 9.13 Å². The maximum Gasteiger partial charge on any atom is 0.166 e. The number of halogens is 1. The lowest BCUT2D eigenvalue weighted by atomic mass is 9.93. The summed E-state index contributed by atoms with van der Waals surface area (Å²) in [6.45, 7) is 4.52. The van der Waals surface area contributed by atoms with E-state index in [1.165, 1.54) is 18.3 Å². The predicted octanol–water partition coefficient (Wildman–Crippen LogP) is 3.87. The Bertz CT molecular complexity index is 1180. The molecule has 3 aromatic rings. The van der Waals surface area contributed by atoms with Crippen LogP contribution >= 0.6 is 0 Å². The van der Waals surface area contributed by atoms with Gasteiger partial charge in [-0.1, -0.05) is 6.07 Å². The van der Waals surface area contributed by atoms with E-state index in [1.54, 1.807) is 23.0 Å². The lowest BCUT2D eigenvalue weighted by molar-refractivity contribution is 0.227. The van der Waals surface area contributed by atoms with E-state index in [9.17, 15) is 4.39 Å². The number of nitrogens with zero attached hydrogens (tertiary/aromatic N) is 3. The van der Waals surface area contributed by atoms with Crippen LogP contribution in [-0.2, 0) is 13.5 Å². The van der Waals surface area contributed by atoms with Crippen molar-refractivity contribution in [3.63, 3.8) is 0 Å². The zero-order valence-corrected chi connectivity index (χ0v) is 17.7.